The van der Waals surface area contributed by atoms with Gasteiger partial charge in [0.1, 0.15) is 0 Å². The molecule has 3 aromatic rings. The van der Waals surface area contributed by atoms with Gasteiger partial charge in [-0.05, 0) is 54.7 Å². The Bertz CT molecular complexity index is 944. The van der Waals surface area contributed by atoms with Crippen molar-refractivity contribution in [3.63, 3.8) is 0 Å². The van der Waals surface area contributed by atoms with Crippen molar-refractivity contribution in [1.29, 1.82) is 0 Å². The normalized spacial score (nSPS) is 15.3. The molecule has 0 bridgehead atoms. The summed E-state index contributed by atoms with van der Waals surface area (Å²) in [6, 6.07) is 17.0. The van der Waals surface area contributed by atoms with Gasteiger partial charge >= 0.3 is 6.18 Å². The first-order valence-electron chi connectivity index (χ1n) is 9.87. The molecule has 29 heavy (non-hydrogen) atoms. The van der Waals surface area contributed by atoms with Gasteiger partial charge in [0.05, 0.1) is 11.3 Å². The zero-order valence-electron chi connectivity index (χ0n) is 15.9. The van der Waals surface area contributed by atoms with Crippen molar-refractivity contribution in [3.8, 4) is 11.3 Å². The van der Waals surface area contributed by atoms with E-state index >= 15 is 0 Å². The van der Waals surface area contributed by atoms with Gasteiger partial charge in [-0.1, -0.05) is 49.6 Å². The Hall–Kier alpha value is -2.89. The molecule has 1 saturated carbocycles. The van der Waals surface area contributed by atoms with Gasteiger partial charge in [0.25, 0.3) is 0 Å². The second-order valence-electron chi connectivity index (χ2n) is 7.46. The van der Waals surface area contributed by atoms with Crippen molar-refractivity contribution in [2.24, 2.45) is 0 Å². The fraction of sp³-hybridized carbons (Fsp3) is 0.304. The Morgan fingerprint density at radius 2 is 1.59 bits per heavy atom. The van der Waals surface area contributed by atoms with Crippen LogP contribution in [0.3, 0.4) is 0 Å². The number of alkyl halides is 3. The van der Waals surface area contributed by atoms with Gasteiger partial charge < -0.3 is 5.32 Å². The van der Waals surface area contributed by atoms with E-state index < -0.39 is 11.7 Å². The lowest BCUT2D eigenvalue weighted by molar-refractivity contribution is -0.137. The molecule has 6 heteroatoms. The highest BCUT2D eigenvalue weighted by atomic mass is 19.4. The minimum absolute atomic E-state index is 0.318. The summed E-state index contributed by atoms with van der Waals surface area (Å²) < 4.78 is 38.5. The van der Waals surface area contributed by atoms with Crippen LogP contribution >= 0.6 is 0 Å². The smallest absolute Gasteiger partial charge is 0.339 e. The SMILES string of the molecule is FC(F)(F)c1cccc(Nc2ccc(-c3ccc(C4CCCCC4)cc3)nn2)c1. The van der Waals surface area contributed by atoms with E-state index in [-0.39, 0.29) is 0 Å². The van der Waals surface area contributed by atoms with E-state index in [2.05, 4.69) is 39.8 Å². The van der Waals surface area contributed by atoms with Crippen LogP contribution in [-0.4, -0.2) is 10.2 Å². The maximum Gasteiger partial charge on any atom is 0.416 e. The average molecular weight is 397 g/mol. The van der Waals surface area contributed by atoms with E-state index in [1.54, 1.807) is 12.1 Å². The predicted molar refractivity (Wildman–Crippen MR) is 108 cm³/mol. The molecule has 1 heterocycles. The molecule has 1 fully saturated rings. The van der Waals surface area contributed by atoms with Crippen LogP contribution in [0.2, 0.25) is 0 Å². The fourth-order valence-electron chi connectivity index (χ4n) is 3.84. The minimum atomic E-state index is -4.38. The number of hydrogen-bond donors (Lipinski definition) is 1. The van der Waals surface area contributed by atoms with Crippen molar-refractivity contribution >= 4 is 11.5 Å². The average Bonchev–Trinajstić information content (AvgIpc) is 2.75. The molecule has 0 saturated heterocycles. The van der Waals surface area contributed by atoms with E-state index in [0.717, 1.165) is 23.4 Å². The van der Waals surface area contributed by atoms with Gasteiger partial charge in [-0.25, -0.2) is 0 Å². The Morgan fingerprint density at radius 1 is 0.828 bits per heavy atom. The Balaban J connectivity index is 1.45. The molecule has 0 aliphatic heterocycles. The summed E-state index contributed by atoms with van der Waals surface area (Å²) in [5, 5.41) is 11.2. The number of anilines is 2. The van der Waals surface area contributed by atoms with Gasteiger partial charge in [-0.2, -0.15) is 13.2 Å². The molecule has 2 aromatic carbocycles. The van der Waals surface area contributed by atoms with Crippen LogP contribution in [0.25, 0.3) is 11.3 Å². The highest BCUT2D eigenvalue weighted by Crippen LogP contribution is 2.34. The molecular formula is C23H22F3N3. The molecule has 0 amide bonds. The van der Waals surface area contributed by atoms with Crippen LogP contribution < -0.4 is 5.32 Å². The van der Waals surface area contributed by atoms with Crippen LogP contribution in [0, 0.1) is 0 Å². The number of benzene rings is 2. The van der Waals surface area contributed by atoms with E-state index in [1.165, 1.54) is 43.7 Å². The first-order valence-corrected chi connectivity index (χ1v) is 9.87. The largest absolute Gasteiger partial charge is 0.416 e. The lowest BCUT2D eigenvalue weighted by atomic mass is 9.84. The van der Waals surface area contributed by atoms with Crippen LogP contribution in [0.1, 0.15) is 49.1 Å². The Labute approximate surface area is 168 Å². The molecule has 0 radical (unpaired) electrons. The molecule has 1 aromatic heterocycles. The van der Waals surface area contributed by atoms with Crippen molar-refractivity contribution in [1.82, 2.24) is 10.2 Å². The number of hydrogen-bond acceptors (Lipinski definition) is 3. The third-order valence-electron chi connectivity index (χ3n) is 5.41. The quantitative estimate of drug-likeness (QED) is 0.517. The molecule has 1 N–H and O–H groups in total. The predicted octanol–water partition coefficient (Wildman–Crippen LogP) is 6.95. The van der Waals surface area contributed by atoms with Crippen LogP contribution in [0.4, 0.5) is 24.7 Å². The summed E-state index contributed by atoms with van der Waals surface area (Å²) in [6.45, 7) is 0. The monoisotopic (exact) mass is 397 g/mol. The Morgan fingerprint density at radius 3 is 2.24 bits per heavy atom. The topological polar surface area (TPSA) is 37.8 Å². The van der Waals surface area contributed by atoms with Crippen molar-refractivity contribution in [3.05, 3.63) is 71.8 Å². The molecule has 0 atom stereocenters. The second-order valence-corrected chi connectivity index (χ2v) is 7.46. The van der Waals surface area contributed by atoms with Crippen molar-refractivity contribution < 1.29 is 13.2 Å². The fourth-order valence-corrected chi connectivity index (χ4v) is 3.84. The lowest BCUT2D eigenvalue weighted by Gasteiger charge is -2.22. The van der Waals surface area contributed by atoms with E-state index in [4.69, 9.17) is 0 Å². The molecule has 0 unspecified atom stereocenters. The molecule has 150 valence electrons. The van der Waals surface area contributed by atoms with Gasteiger partial charge in [0.2, 0.25) is 0 Å². The van der Waals surface area contributed by atoms with Gasteiger partial charge in [-0.15, -0.1) is 10.2 Å². The minimum Gasteiger partial charge on any atom is -0.339 e. The van der Waals surface area contributed by atoms with Gasteiger partial charge in [-0.3, -0.25) is 0 Å². The number of nitrogens with zero attached hydrogens (tertiary/aromatic N) is 2. The lowest BCUT2D eigenvalue weighted by Crippen LogP contribution is -2.05. The standard InChI is InChI=1S/C23H22F3N3/c24-23(25,26)19-7-4-8-20(15-19)27-22-14-13-21(28-29-22)18-11-9-17(10-12-18)16-5-2-1-3-6-16/h4,7-16H,1-3,5-6H2,(H,27,29). The number of nitrogens with one attached hydrogen (secondary N) is 1. The molecule has 4 rings (SSSR count). The van der Waals surface area contributed by atoms with Crippen LogP contribution in [0.15, 0.2) is 60.7 Å². The van der Waals surface area contributed by atoms with Crippen LogP contribution in [-0.2, 0) is 6.18 Å². The first-order chi connectivity index (χ1) is 14.0. The molecular weight excluding hydrogens is 375 g/mol. The molecule has 1 aliphatic carbocycles. The van der Waals surface area contributed by atoms with Crippen molar-refractivity contribution in [2.45, 2.75) is 44.2 Å². The first kappa shape index (κ1) is 19.4. The Kier molecular flexibility index (Phi) is 5.51. The van der Waals surface area contributed by atoms with E-state index in [9.17, 15) is 13.2 Å². The zero-order chi connectivity index (χ0) is 20.3. The zero-order valence-corrected chi connectivity index (χ0v) is 15.9. The number of aromatic nitrogens is 2. The highest BCUT2D eigenvalue weighted by Gasteiger charge is 2.30. The summed E-state index contributed by atoms with van der Waals surface area (Å²) in [5.41, 5.74) is 2.70. The summed E-state index contributed by atoms with van der Waals surface area (Å²) in [6.07, 6.45) is 2.09. The third-order valence-corrected chi connectivity index (χ3v) is 5.41. The maximum atomic E-state index is 12.8. The number of halogens is 3. The highest BCUT2D eigenvalue weighted by molar-refractivity contribution is 5.62. The van der Waals surface area contributed by atoms with Crippen molar-refractivity contribution in [2.75, 3.05) is 5.32 Å². The van der Waals surface area contributed by atoms with Gasteiger partial charge in [0.15, 0.2) is 5.82 Å². The summed E-state index contributed by atoms with van der Waals surface area (Å²) in [4.78, 5) is 0. The summed E-state index contributed by atoms with van der Waals surface area (Å²) >= 11 is 0. The van der Waals surface area contributed by atoms with E-state index in [0.29, 0.717) is 17.4 Å². The third kappa shape index (κ3) is 4.75. The summed E-state index contributed by atoms with van der Waals surface area (Å²) in [5.74, 6) is 1.05. The molecule has 0 spiro atoms. The van der Waals surface area contributed by atoms with Crippen LogP contribution in [0.5, 0.6) is 0 Å². The molecule has 3 nitrogen and oxygen atoms in total. The second kappa shape index (κ2) is 8.23. The number of rotatable bonds is 4. The van der Waals surface area contributed by atoms with Gasteiger partial charge in [0, 0.05) is 11.3 Å². The van der Waals surface area contributed by atoms with E-state index in [1.807, 2.05) is 6.07 Å². The summed E-state index contributed by atoms with van der Waals surface area (Å²) in [7, 11) is 0. The molecule has 1 aliphatic rings. The maximum absolute atomic E-state index is 12.8.